The molecule has 0 amide bonds. The lowest BCUT2D eigenvalue weighted by Crippen LogP contribution is -2.16. The number of Topliss-reactive ketones (excluding diaryl/α,β-unsaturated/α-hetero) is 1. The van der Waals surface area contributed by atoms with Gasteiger partial charge in [0.2, 0.25) is 0 Å². The van der Waals surface area contributed by atoms with E-state index in [1.807, 2.05) is 19.9 Å². The third-order valence-electron chi connectivity index (χ3n) is 4.77. The highest BCUT2D eigenvalue weighted by atomic mass is 35.5. The lowest BCUT2D eigenvalue weighted by Gasteiger charge is -2.13. The van der Waals surface area contributed by atoms with Crippen LogP contribution in [0.1, 0.15) is 43.2 Å². The molecule has 0 saturated heterocycles. The van der Waals surface area contributed by atoms with Crippen molar-refractivity contribution in [2.24, 2.45) is 0 Å². The average Bonchev–Trinajstić information content (AvgIpc) is 3.28. The number of sulfonamides is 1. The molecule has 2 aromatic heterocycles. The Labute approximate surface area is 183 Å². The number of hydrogen-bond donors (Lipinski definition) is 1. The van der Waals surface area contributed by atoms with Gasteiger partial charge in [-0.25, -0.2) is 13.1 Å². The van der Waals surface area contributed by atoms with Crippen LogP contribution in [0.3, 0.4) is 0 Å². The van der Waals surface area contributed by atoms with E-state index < -0.39 is 10.0 Å². The molecule has 30 heavy (non-hydrogen) atoms. The monoisotopic (exact) mass is 463 g/mol. The Morgan fingerprint density at radius 3 is 2.60 bits per heavy atom. The fourth-order valence-electron chi connectivity index (χ4n) is 3.22. The molecule has 3 rings (SSSR count). The third kappa shape index (κ3) is 3.99. The summed E-state index contributed by atoms with van der Waals surface area (Å²) in [5.41, 5.74) is 4.04. The maximum atomic E-state index is 13.0. The van der Waals surface area contributed by atoms with E-state index in [2.05, 4.69) is 15.9 Å². The van der Waals surface area contributed by atoms with Crippen molar-refractivity contribution in [3.05, 3.63) is 60.9 Å². The van der Waals surface area contributed by atoms with Crippen LogP contribution in [-0.4, -0.2) is 19.4 Å². The summed E-state index contributed by atoms with van der Waals surface area (Å²) in [6, 6.07) is 5.38. The second-order valence-corrected chi connectivity index (χ2v) is 9.78. The highest BCUT2D eigenvalue weighted by molar-refractivity contribution is 7.93. The molecular formula is C20H18ClN3O4S2. The fraction of sp³-hybridized carbons (Fsp3) is 0.250. The topological polar surface area (TPSA) is 113 Å². The van der Waals surface area contributed by atoms with Crippen molar-refractivity contribution < 1.29 is 17.7 Å². The predicted molar refractivity (Wildman–Crippen MR) is 115 cm³/mol. The lowest BCUT2D eigenvalue weighted by molar-refractivity contribution is 0.0993. The fourth-order valence-corrected chi connectivity index (χ4v) is 5.78. The Balaban J connectivity index is 1.95. The van der Waals surface area contributed by atoms with Crippen LogP contribution in [0, 0.1) is 39.0 Å². The number of rotatable bonds is 6. The largest absolute Gasteiger partial charge is 0.336 e. The number of ketones is 1. The van der Waals surface area contributed by atoms with Crippen LogP contribution in [-0.2, 0) is 16.4 Å². The van der Waals surface area contributed by atoms with Crippen molar-refractivity contribution in [1.82, 2.24) is 5.16 Å². The minimum absolute atomic E-state index is 0.0160. The third-order valence-corrected chi connectivity index (χ3v) is 7.67. The molecule has 0 spiro atoms. The number of carbonyl (C=O) groups is 1. The van der Waals surface area contributed by atoms with Gasteiger partial charge in [-0.05, 0) is 61.4 Å². The molecule has 2 heterocycles. The first-order valence-electron chi connectivity index (χ1n) is 8.81. The van der Waals surface area contributed by atoms with E-state index in [-0.39, 0.29) is 32.9 Å². The van der Waals surface area contributed by atoms with Crippen molar-refractivity contribution in [1.29, 1.82) is 5.26 Å². The first-order valence-corrected chi connectivity index (χ1v) is 11.6. The molecule has 0 aliphatic rings. The van der Waals surface area contributed by atoms with E-state index in [0.717, 1.165) is 33.6 Å². The Kier molecular flexibility index (Phi) is 6.04. The summed E-state index contributed by atoms with van der Waals surface area (Å²) in [7, 11) is -4.12. The minimum Gasteiger partial charge on any atom is -0.336 e. The summed E-state index contributed by atoms with van der Waals surface area (Å²) in [5.74, 6) is -0.563. The summed E-state index contributed by atoms with van der Waals surface area (Å²) in [6.07, 6.45) is -0.0160. The van der Waals surface area contributed by atoms with E-state index in [0.29, 0.717) is 11.3 Å². The highest BCUT2D eigenvalue weighted by Crippen LogP contribution is 2.31. The SMILES string of the molecule is Cc1cc(C)c(CC(=O)c2sccc2S(=O)(=O)Nc2onc(C)c2Cl)c(C)c1C#N. The number of benzene rings is 1. The molecule has 0 unspecified atom stereocenters. The lowest BCUT2D eigenvalue weighted by atomic mass is 9.91. The molecule has 0 saturated carbocycles. The smallest absolute Gasteiger partial charge is 0.265 e. The maximum Gasteiger partial charge on any atom is 0.265 e. The second-order valence-electron chi connectivity index (χ2n) is 6.83. The highest BCUT2D eigenvalue weighted by Gasteiger charge is 2.27. The van der Waals surface area contributed by atoms with Crippen molar-refractivity contribution in [3.63, 3.8) is 0 Å². The van der Waals surface area contributed by atoms with Gasteiger partial charge in [-0.1, -0.05) is 22.8 Å². The van der Waals surface area contributed by atoms with Crippen molar-refractivity contribution in [2.75, 3.05) is 4.72 Å². The number of thiophene rings is 1. The van der Waals surface area contributed by atoms with Crippen molar-refractivity contribution >= 4 is 44.6 Å². The van der Waals surface area contributed by atoms with Gasteiger partial charge in [0.05, 0.1) is 16.5 Å². The number of nitrogens with zero attached hydrogens (tertiary/aromatic N) is 2. The molecule has 0 radical (unpaired) electrons. The summed E-state index contributed by atoms with van der Waals surface area (Å²) >= 11 is 7.02. The first kappa shape index (κ1) is 22.0. The zero-order valence-electron chi connectivity index (χ0n) is 16.7. The molecule has 1 aromatic carbocycles. The van der Waals surface area contributed by atoms with E-state index in [4.69, 9.17) is 16.1 Å². The Morgan fingerprint density at radius 2 is 2.00 bits per heavy atom. The standard InChI is InChI=1S/C20H18ClN3O4S2/c1-10-7-11(2)15(9-22)12(3)14(10)8-16(25)19-17(5-6-29-19)30(26,27)24-20-18(21)13(4)23-28-20/h5-7,24H,8H2,1-4H3. The van der Waals surface area contributed by atoms with E-state index in [1.54, 1.807) is 13.8 Å². The number of nitrogens with one attached hydrogen (secondary N) is 1. The molecule has 156 valence electrons. The summed E-state index contributed by atoms with van der Waals surface area (Å²) < 4.78 is 32.8. The number of hydrogen-bond acceptors (Lipinski definition) is 7. The molecule has 0 atom stereocenters. The van der Waals surface area contributed by atoms with Crippen LogP contribution in [0.4, 0.5) is 5.88 Å². The van der Waals surface area contributed by atoms with Gasteiger partial charge in [-0.15, -0.1) is 11.3 Å². The molecule has 1 N–H and O–H groups in total. The number of aromatic nitrogens is 1. The van der Waals surface area contributed by atoms with Crippen LogP contribution < -0.4 is 4.72 Å². The maximum absolute atomic E-state index is 13.0. The van der Waals surface area contributed by atoms with Crippen LogP contribution in [0.15, 0.2) is 26.9 Å². The second kappa shape index (κ2) is 8.22. The van der Waals surface area contributed by atoms with Gasteiger partial charge in [-0.3, -0.25) is 4.79 Å². The quantitative estimate of drug-likeness (QED) is 0.529. The number of nitriles is 1. The number of anilines is 1. The normalized spacial score (nSPS) is 11.3. The van der Waals surface area contributed by atoms with Crippen molar-refractivity contribution in [2.45, 2.75) is 39.0 Å². The van der Waals surface area contributed by atoms with E-state index >= 15 is 0 Å². The zero-order valence-corrected chi connectivity index (χ0v) is 19.0. The Morgan fingerprint density at radius 1 is 1.30 bits per heavy atom. The molecule has 10 heteroatoms. The van der Waals surface area contributed by atoms with Crippen LogP contribution in [0.2, 0.25) is 5.02 Å². The molecule has 3 aromatic rings. The molecule has 0 aliphatic heterocycles. The first-order chi connectivity index (χ1) is 14.1. The molecule has 0 fully saturated rings. The van der Waals surface area contributed by atoms with Gasteiger partial charge in [0.1, 0.15) is 15.6 Å². The molecular weight excluding hydrogens is 446 g/mol. The molecule has 0 bridgehead atoms. The minimum atomic E-state index is -4.12. The summed E-state index contributed by atoms with van der Waals surface area (Å²) in [6.45, 7) is 7.08. The average molecular weight is 464 g/mol. The zero-order chi connectivity index (χ0) is 22.2. The van der Waals surface area contributed by atoms with Crippen LogP contribution >= 0.6 is 22.9 Å². The Hall–Kier alpha value is -2.67. The summed E-state index contributed by atoms with van der Waals surface area (Å²) in [5, 5.41) is 14.6. The predicted octanol–water partition coefficient (Wildman–Crippen LogP) is 4.72. The van der Waals surface area contributed by atoms with Gasteiger partial charge in [0, 0.05) is 6.42 Å². The van der Waals surface area contributed by atoms with E-state index in [1.165, 1.54) is 11.4 Å². The molecule has 0 aliphatic carbocycles. The van der Waals surface area contributed by atoms with Gasteiger partial charge < -0.3 is 4.52 Å². The van der Waals surface area contributed by atoms with E-state index in [9.17, 15) is 18.5 Å². The van der Waals surface area contributed by atoms with Gasteiger partial charge in [0.25, 0.3) is 15.9 Å². The van der Waals surface area contributed by atoms with Gasteiger partial charge in [-0.2, -0.15) is 5.26 Å². The number of carbonyl (C=O) groups excluding carboxylic acids is 1. The number of halogens is 1. The van der Waals surface area contributed by atoms with Gasteiger partial charge in [0.15, 0.2) is 5.78 Å². The van der Waals surface area contributed by atoms with Crippen molar-refractivity contribution in [3.8, 4) is 6.07 Å². The Bertz CT molecular complexity index is 1300. The number of aryl methyl sites for hydroxylation is 3. The van der Waals surface area contributed by atoms with Gasteiger partial charge >= 0.3 is 0 Å². The molecule has 7 nitrogen and oxygen atoms in total. The summed E-state index contributed by atoms with van der Waals surface area (Å²) in [4.78, 5) is 13.0. The van der Waals surface area contributed by atoms with Crippen LogP contribution in [0.25, 0.3) is 0 Å². The van der Waals surface area contributed by atoms with Crippen LogP contribution in [0.5, 0.6) is 0 Å².